The molecule has 0 fully saturated rings. The van der Waals surface area contributed by atoms with E-state index in [2.05, 4.69) is 46.4 Å². The SMILES string of the molecule is CCc1ccc([C@@H]2c3c(-c4ccccc4O)n[nH]c3C(=O)N2Cc2cccnc2)cc1. The van der Waals surface area contributed by atoms with Gasteiger partial charge in [0.05, 0.1) is 6.04 Å². The molecule has 154 valence electrons. The summed E-state index contributed by atoms with van der Waals surface area (Å²) in [7, 11) is 0. The van der Waals surface area contributed by atoms with E-state index in [1.54, 1.807) is 24.5 Å². The van der Waals surface area contributed by atoms with Gasteiger partial charge in [0.15, 0.2) is 0 Å². The summed E-state index contributed by atoms with van der Waals surface area (Å²) in [5.41, 5.74) is 5.65. The van der Waals surface area contributed by atoms with Crippen LogP contribution in [0.3, 0.4) is 0 Å². The third-order valence-corrected chi connectivity index (χ3v) is 5.80. The van der Waals surface area contributed by atoms with Crippen LogP contribution in [-0.2, 0) is 13.0 Å². The minimum atomic E-state index is -0.318. The number of aromatic hydroxyl groups is 1. The third kappa shape index (κ3) is 3.26. The molecule has 6 heteroatoms. The van der Waals surface area contributed by atoms with Gasteiger partial charge in [-0.25, -0.2) is 0 Å². The fourth-order valence-electron chi connectivity index (χ4n) is 4.21. The lowest BCUT2D eigenvalue weighted by Crippen LogP contribution is -2.29. The summed E-state index contributed by atoms with van der Waals surface area (Å²) in [5.74, 6) is 0.0210. The Morgan fingerprint density at radius 2 is 1.84 bits per heavy atom. The van der Waals surface area contributed by atoms with E-state index >= 15 is 0 Å². The van der Waals surface area contributed by atoms with E-state index < -0.39 is 0 Å². The van der Waals surface area contributed by atoms with Gasteiger partial charge in [-0.1, -0.05) is 49.4 Å². The molecule has 0 unspecified atom stereocenters. The van der Waals surface area contributed by atoms with Crippen LogP contribution in [0.25, 0.3) is 11.3 Å². The summed E-state index contributed by atoms with van der Waals surface area (Å²) in [5, 5.41) is 17.8. The molecule has 1 aliphatic heterocycles. The summed E-state index contributed by atoms with van der Waals surface area (Å²) in [6, 6.07) is 18.9. The molecule has 2 aromatic carbocycles. The van der Waals surface area contributed by atoms with Crippen LogP contribution < -0.4 is 0 Å². The Morgan fingerprint density at radius 1 is 1.03 bits per heavy atom. The molecule has 1 amide bonds. The van der Waals surface area contributed by atoms with E-state index in [1.165, 1.54) is 5.56 Å². The first-order valence-corrected chi connectivity index (χ1v) is 10.3. The van der Waals surface area contributed by atoms with Crippen molar-refractivity contribution in [2.45, 2.75) is 25.9 Å². The van der Waals surface area contributed by atoms with Gasteiger partial charge in [-0.3, -0.25) is 14.9 Å². The van der Waals surface area contributed by atoms with Crippen molar-refractivity contribution < 1.29 is 9.90 Å². The topological polar surface area (TPSA) is 82.1 Å². The second-order valence-corrected chi connectivity index (χ2v) is 7.67. The number of phenolic OH excluding ortho intramolecular Hbond substituents is 1. The molecule has 2 N–H and O–H groups in total. The Balaban J connectivity index is 1.66. The molecule has 0 saturated heterocycles. The molecule has 6 nitrogen and oxygen atoms in total. The minimum Gasteiger partial charge on any atom is -0.507 e. The van der Waals surface area contributed by atoms with Crippen molar-refractivity contribution in [2.75, 3.05) is 0 Å². The van der Waals surface area contributed by atoms with E-state index in [1.807, 2.05) is 29.2 Å². The number of rotatable bonds is 5. The molecular formula is C25H22N4O2. The molecule has 5 rings (SSSR count). The molecule has 31 heavy (non-hydrogen) atoms. The largest absolute Gasteiger partial charge is 0.507 e. The number of pyridine rings is 1. The molecule has 4 aromatic rings. The standard InChI is InChI=1S/C25H22N4O2/c1-2-16-9-11-18(12-10-16)24-21-22(19-7-3-4-8-20(19)30)27-28-23(21)25(31)29(24)15-17-6-5-13-26-14-17/h3-14,24,30H,2,15H2,1H3,(H,27,28)/t24-/m1/s1. The van der Waals surface area contributed by atoms with E-state index in [9.17, 15) is 9.90 Å². The number of H-pyrrole nitrogens is 1. The average Bonchev–Trinajstić information content (AvgIpc) is 3.34. The summed E-state index contributed by atoms with van der Waals surface area (Å²) < 4.78 is 0. The fraction of sp³-hybridized carbons (Fsp3) is 0.160. The maximum Gasteiger partial charge on any atom is 0.273 e. The molecule has 1 aliphatic rings. The van der Waals surface area contributed by atoms with Crippen LogP contribution in [0.1, 0.15) is 45.7 Å². The zero-order valence-electron chi connectivity index (χ0n) is 17.1. The summed E-state index contributed by atoms with van der Waals surface area (Å²) in [6.45, 7) is 2.54. The van der Waals surface area contributed by atoms with Gasteiger partial charge in [0.25, 0.3) is 5.91 Å². The second kappa shape index (κ2) is 7.72. The predicted octanol–water partition coefficient (Wildman–Crippen LogP) is 4.49. The summed E-state index contributed by atoms with van der Waals surface area (Å²) >= 11 is 0. The monoisotopic (exact) mass is 410 g/mol. The van der Waals surface area contributed by atoms with Gasteiger partial charge < -0.3 is 10.0 Å². The van der Waals surface area contributed by atoms with Crippen LogP contribution in [0.2, 0.25) is 0 Å². The molecule has 0 aliphatic carbocycles. The number of hydrogen-bond donors (Lipinski definition) is 2. The Labute approximate surface area is 180 Å². The normalized spacial score (nSPS) is 15.3. The van der Waals surface area contributed by atoms with Gasteiger partial charge in [-0.05, 0) is 41.3 Å². The Morgan fingerprint density at radius 3 is 2.55 bits per heavy atom. The fourth-order valence-corrected chi connectivity index (χ4v) is 4.21. The highest BCUT2D eigenvalue weighted by atomic mass is 16.3. The smallest absolute Gasteiger partial charge is 0.273 e. The van der Waals surface area contributed by atoms with Crippen LogP contribution >= 0.6 is 0 Å². The molecule has 1 atom stereocenters. The zero-order chi connectivity index (χ0) is 21.4. The molecular weight excluding hydrogens is 388 g/mol. The number of fused-ring (bicyclic) bond motifs is 1. The van der Waals surface area contributed by atoms with Crippen molar-refractivity contribution >= 4 is 5.91 Å². The first-order valence-electron chi connectivity index (χ1n) is 10.3. The molecule has 0 radical (unpaired) electrons. The molecule has 2 aromatic heterocycles. The number of nitrogens with one attached hydrogen (secondary N) is 1. The van der Waals surface area contributed by atoms with Gasteiger partial charge in [0.1, 0.15) is 17.1 Å². The summed E-state index contributed by atoms with van der Waals surface area (Å²) in [4.78, 5) is 19.4. The number of amides is 1. The lowest BCUT2D eigenvalue weighted by Gasteiger charge is -2.26. The number of aryl methyl sites for hydroxylation is 1. The first-order chi connectivity index (χ1) is 15.2. The van der Waals surface area contributed by atoms with Gasteiger partial charge in [0, 0.05) is 30.1 Å². The van der Waals surface area contributed by atoms with Gasteiger partial charge >= 0.3 is 0 Å². The highest BCUT2D eigenvalue weighted by Gasteiger charge is 2.42. The van der Waals surface area contributed by atoms with Gasteiger partial charge in [0.2, 0.25) is 0 Å². The van der Waals surface area contributed by atoms with Crippen molar-refractivity contribution in [1.29, 1.82) is 0 Å². The lowest BCUT2D eigenvalue weighted by molar-refractivity contribution is 0.0730. The lowest BCUT2D eigenvalue weighted by atomic mass is 9.94. The van der Waals surface area contributed by atoms with E-state index in [0.29, 0.717) is 23.5 Å². The van der Waals surface area contributed by atoms with Crippen LogP contribution in [0.4, 0.5) is 0 Å². The first kappa shape index (κ1) is 19.1. The number of aromatic amines is 1. The van der Waals surface area contributed by atoms with Crippen molar-refractivity contribution in [3.8, 4) is 17.0 Å². The average molecular weight is 410 g/mol. The quantitative estimate of drug-likeness (QED) is 0.508. The van der Waals surface area contributed by atoms with Crippen LogP contribution in [0.15, 0.2) is 73.1 Å². The van der Waals surface area contributed by atoms with Crippen LogP contribution in [-0.4, -0.2) is 31.1 Å². The van der Waals surface area contributed by atoms with E-state index in [4.69, 9.17) is 0 Å². The van der Waals surface area contributed by atoms with Crippen LogP contribution in [0, 0.1) is 0 Å². The van der Waals surface area contributed by atoms with Crippen molar-refractivity contribution in [3.05, 3.63) is 101 Å². The highest BCUT2D eigenvalue weighted by Crippen LogP contribution is 2.44. The zero-order valence-corrected chi connectivity index (χ0v) is 17.1. The number of carbonyl (C=O) groups excluding carboxylic acids is 1. The molecule has 3 heterocycles. The van der Waals surface area contributed by atoms with Crippen molar-refractivity contribution in [3.63, 3.8) is 0 Å². The minimum absolute atomic E-state index is 0.113. The molecule has 0 spiro atoms. The molecule has 0 bridgehead atoms. The van der Waals surface area contributed by atoms with E-state index in [-0.39, 0.29) is 17.7 Å². The Kier molecular flexibility index (Phi) is 4.75. The van der Waals surface area contributed by atoms with E-state index in [0.717, 1.165) is 23.1 Å². The number of hydrogen-bond acceptors (Lipinski definition) is 4. The number of nitrogens with zero attached hydrogens (tertiary/aromatic N) is 3. The number of carbonyl (C=O) groups is 1. The Hall–Kier alpha value is -3.93. The third-order valence-electron chi connectivity index (χ3n) is 5.80. The predicted molar refractivity (Wildman–Crippen MR) is 117 cm³/mol. The number of benzene rings is 2. The van der Waals surface area contributed by atoms with Crippen molar-refractivity contribution in [1.82, 2.24) is 20.1 Å². The van der Waals surface area contributed by atoms with Gasteiger partial charge in [-0.15, -0.1) is 0 Å². The van der Waals surface area contributed by atoms with Crippen molar-refractivity contribution in [2.24, 2.45) is 0 Å². The summed E-state index contributed by atoms with van der Waals surface area (Å²) in [6.07, 6.45) is 4.45. The number of aromatic nitrogens is 3. The number of para-hydroxylation sites is 1. The number of phenols is 1. The molecule has 0 saturated carbocycles. The maximum absolute atomic E-state index is 13.4. The highest BCUT2D eigenvalue weighted by molar-refractivity contribution is 6.00. The Bertz CT molecular complexity index is 1230. The van der Waals surface area contributed by atoms with Crippen LogP contribution in [0.5, 0.6) is 5.75 Å². The second-order valence-electron chi connectivity index (χ2n) is 7.67. The van der Waals surface area contributed by atoms with Gasteiger partial charge in [-0.2, -0.15) is 5.10 Å². The maximum atomic E-state index is 13.4.